The molecule has 2 aliphatic heterocycles. The van der Waals surface area contributed by atoms with Gasteiger partial charge in [-0.25, -0.2) is 19.2 Å². The molecule has 1 aromatic rings. The molecule has 0 saturated carbocycles. The molecule has 29 heavy (non-hydrogen) atoms. The van der Waals surface area contributed by atoms with Gasteiger partial charge in [0.05, 0.1) is 0 Å². The molecule has 2 saturated heterocycles. The molecule has 2 N–H and O–H groups in total. The molecule has 0 bridgehead atoms. The number of carbonyl (C=O) groups excluding carboxylic acids is 4. The summed E-state index contributed by atoms with van der Waals surface area (Å²) in [5.41, 5.74) is 1.46. The molecule has 0 aromatic heterocycles. The summed E-state index contributed by atoms with van der Waals surface area (Å²) >= 11 is 0. The van der Waals surface area contributed by atoms with E-state index in [0.29, 0.717) is 16.9 Å². The second-order valence-electron chi connectivity index (χ2n) is 6.08. The number of cyclic esters (lactones) is 4. The normalized spacial score (nSPS) is 20.0. The molecule has 2 amide bonds. The Labute approximate surface area is 164 Å². The molecule has 12 nitrogen and oxygen atoms in total. The molecule has 156 valence electrons. The molecule has 3 rings (SSSR count). The van der Waals surface area contributed by atoms with Gasteiger partial charge < -0.3 is 28.4 Å². The van der Waals surface area contributed by atoms with E-state index in [1.165, 1.54) is 6.07 Å². The average molecular weight is 410 g/mol. The van der Waals surface area contributed by atoms with E-state index < -0.39 is 36.7 Å². The van der Waals surface area contributed by atoms with Gasteiger partial charge in [-0.05, 0) is 24.6 Å². The van der Waals surface area contributed by atoms with E-state index in [1.807, 2.05) is 0 Å². The molecule has 2 fully saturated rings. The molecular formula is C17H18N2O10. The summed E-state index contributed by atoms with van der Waals surface area (Å²) in [5, 5.41) is 5.02. The number of amides is 2. The van der Waals surface area contributed by atoms with Crippen LogP contribution in [0.2, 0.25) is 0 Å². The minimum absolute atomic E-state index is 0.0127. The number of nitrogens with one attached hydrogen (secondary N) is 2. The molecule has 2 heterocycles. The van der Waals surface area contributed by atoms with Crippen LogP contribution in [-0.4, -0.2) is 63.1 Å². The highest BCUT2D eigenvalue weighted by Gasteiger charge is 2.27. The van der Waals surface area contributed by atoms with Crippen molar-refractivity contribution in [3.05, 3.63) is 23.8 Å². The number of anilines is 2. The van der Waals surface area contributed by atoms with Crippen LogP contribution in [0.1, 0.15) is 5.56 Å². The highest BCUT2D eigenvalue weighted by molar-refractivity contribution is 5.89. The van der Waals surface area contributed by atoms with Crippen LogP contribution >= 0.6 is 0 Å². The van der Waals surface area contributed by atoms with Crippen molar-refractivity contribution in [2.45, 2.75) is 19.1 Å². The number of hydrogen-bond donors (Lipinski definition) is 2. The molecule has 2 atom stereocenters. The number of benzene rings is 1. The van der Waals surface area contributed by atoms with Crippen LogP contribution in [-0.2, 0) is 28.4 Å². The molecule has 2 unspecified atom stereocenters. The van der Waals surface area contributed by atoms with Crippen LogP contribution in [0.3, 0.4) is 0 Å². The van der Waals surface area contributed by atoms with Crippen molar-refractivity contribution in [2.24, 2.45) is 0 Å². The Balaban J connectivity index is 1.46. The average Bonchev–Trinajstić information content (AvgIpc) is 3.29. The molecule has 0 radical (unpaired) electrons. The first-order valence-corrected chi connectivity index (χ1v) is 8.54. The minimum Gasteiger partial charge on any atom is -0.445 e. The van der Waals surface area contributed by atoms with Gasteiger partial charge in [-0.3, -0.25) is 10.6 Å². The zero-order valence-corrected chi connectivity index (χ0v) is 15.3. The number of carbonyl (C=O) groups is 4. The molecule has 0 spiro atoms. The van der Waals surface area contributed by atoms with Gasteiger partial charge in [-0.15, -0.1) is 0 Å². The van der Waals surface area contributed by atoms with Gasteiger partial charge >= 0.3 is 24.5 Å². The quantitative estimate of drug-likeness (QED) is 0.528. The Morgan fingerprint density at radius 2 is 1.52 bits per heavy atom. The molecule has 12 heteroatoms. The molecule has 1 aromatic carbocycles. The Hall–Kier alpha value is -3.70. The number of rotatable bonds is 6. The van der Waals surface area contributed by atoms with Gasteiger partial charge in [-0.1, -0.05) is 6.07 Å². The van der Waals surface area contributed by atoms with Gasteiger partial charge in [-0.2, -0.15) is 0 Å². The highest BCUT2D eigenvalue weighted by atomic mass is 16.8. The largest absolute Gasteiger partial charge is 0.508 e. The van der Waals surface area contributed by atoms with E-state index in [4.69, 9.17) is 18.9 Å². The van der Waals surface area contributed by atoms with Crippen molar-refractivity contribution in [3.63, 3.8) is 0 Å². The summed E-state index contributed by atoms with van der Waals surface area (Å²) in [5.74, 6) is 0. The maximum atomic E-state index is 11.9. The summed E-state index contributed by atoms with van der Waals surface area (Å²) in [6.07, 6.45) is -4.45. The predicted molar refractivity (Wildman–Crippen MR) is 93.6 cm³/mol. The lowest BCUT2D eigenvalue weighted by molar-refractivity contribution is 0.0783. The van der Waals surface area contributed by atoms with E-state index in [1.54, 1.807) is 19.1 Å². The first-order valence-electron chi connectivity index (χ1n) is 8.54. The fourth-order valence-corrected chi connectivity index (χ4v) is 2.37. The topological polar surface area (TPSA) is 148 Å². The number of aryl methyl sites for hydroxylation is 1. The van der Waals surface area contributed by atoms with Crippen molar-refractivity contribution >= 4 is 35.9 Å². The van der Waals surface area contributed by atoms with E-state index in [0.717, 1.165) is 0 Å². The first-order chi connectivity index (χ1) is 13.9. The maximum absolute atomic E-state index is 11.9. The van der Waals surface area contributed by atoms with Crippen molar-refractivity contribution in [1.29, 1.82) is 0 Å². The number of ether oxygens (including phenoxy) is 6. The van der Waals surface area contributed by atoms with Crippen LogP contribution in [0.25, 0.3) is 0 Å². The van der Waals surface area contributed by atoms with Crippen LogP contribution in [0, 0.1) is 6.92 Å². The van der Waals surface area contributed by atoms with Crippen molar-refractivity contribution < 1.29 is 47.6 Å². The maximum Gasteiger partial charge on any atom is 0.508 e. The smallest absolute Gasteiger partial charge is 0.445 e. The van der Waals surface area contributed by atoms with Gasteiger partial charge in [0.2, 0.25) is 0 Å². The van der Waals surface area contributed by atoms with Crippen molar-refractivity contribution in [2.75, 3.05) is 37.1 Å². The monoisotopic (exact) mass is 410 g/mol. The second kappa shape index (κ2) is 8.99. The Bertz CT molecular complexity index is 811. The zero-order valence-electron chi connectivity index (χ0n) is 15.3. The van der Waals surface area contributed by atoms with Crippen molar-refractivity contribution in [1.82, 2.24) is 0 Å². The van der Waals surface area contributed by atoms with E-state index in [-0.39, 0.29) is 26.4 Å². The summed E-state index contributed by atoms with van der Waals surface area (Å²) in [6, 6.07) is 4.79. The lowest BCUT2D eigenvalue weighted by Gasteiger charge is -2.13. The fourth-order valence-electron chi connectivity index (χ4n) is 2.37. The SMILES string of the molecule is Cc1ccc(NC(=O)OCC2COC(=O)O2)cc1NC(=O)OCC1COC(=O)O1. The van der Waals surface area contributed by atoms with Crippen LogP contribution in [0.15, 0.2) is 18.2 Å². The van der Waals surface area contributed by atoms with Crippen LogP contribution < -0.4 is 10.6 Å². The second-order valence-corrected chi connectivity index (χ2v) is 6.08. The molecular weight excluding hydrogens is 392 g/mol. The van der Waals surface area contributed by atoms with Crippen LogP contribution in [0.5, 0.6) is 0 Å². The minimum atomic E-state index is -0.807. The third-order valence-electron chi connectivity index (χ3n) is 3.82. The third-order valence-corrected chi connectivity index (χ3v) is 3.82. The number of hydrogen-bond acceptors (Lipinski definition) is 10. The summed E-state index contributed by atoms with van der Waals surface area (Å²) in [6.45, 7) is 1.46. The summed E-state index contributed by atoms with van der Waals surface area (Å²) in [7, 11) is 0. The Morgan fingerprint density at radius 3 is 2.03 bits per heavy atom. The third kappa shape index (κ3) is 5.89. The fraction of sp³-hybridized carbons (Fsp3) is 0.412. The van der Waals surface area contributed by atoms with E-state index in [9.17, 15) is 19.2 Å². The predicted octanol–water partition coefficient (Wildman–Crippen LogP) is 2.16. The summed E-state index contributed by atoms with van der Waals surface area (Å²) < 4.78 is 28.6. The zero-order chi connectivity index (χ0) is 20.8. The lowest BCUT2D eigenvalue weighted by atomic mass is 10.2. The lowest BCUT2D eigenvalue weighted by Crippen LogP contribution is -2.24. The van der Waals surface area contributed by atoms with Gasteiger partial charge in [0.1, 0.15) is 26.4 Å². The van der Waals surface area contributed by atoms with Gasteiger partial charge in [0, 0.05) is 11.4 Å². The van der Waals surface area contributed by atoms with Gasteiger partial charge in [0.15, 0.2) is 12.2 Å². The molecule has 2 aliphatic rings. The van der Waals surface area contributed by atoms with E-state index in [2.05, 4.69) is 20.1 Å². The highest BCUT2D eigenvalue weighted by Crippen LogP contribution is 2.21. The van der Waals surface area contributed by atoms with Crippen LogP contribution in [0.4, 0.5) is 30.6 Å². The Morgan fingerprint density at radius 1 is 0.966 bits per heavy atom. The first kappa shape index (κ1) is 20.0. The van der Waals surface area contributed by atoms with Gasteiger partial charge in [0.25, 0.3) is 0 Å². The molecule has 0 aliphatic carbocycles. The van der Waals surface area contributed by atoms with Crippen molar-refractivity contribution in [3.8, 4) is 0 Å². The Kier molecular flexibility index (Phi) is 6.22. The van der Waals surface area contributed by atoms with E-state index >= 15 is 0 Å². The standard InChI is InChI=1S/C17H18N2O10/c1-9-2-3-10(18-14(20)24-5-11-7-26-16(22)28-11)4-13(9)19-15(21)25-6-12-8-27-17(23)29-12/h2-4,11-12H,5-8H2,1H3,(H,18,20)(H,19,21). The summed E-state index contributed by atoms with van der Waals surface area (Å²) in [4.78, 5) is 45.4.